The van der Waals surface area contributed by atoms with E-state index in [1.165, 1.54) is 17.9 Å². The molecular formula is C20H26N2O3. The molecule has 1 heterocycles. The second-order valence-corrected chi connectivity index (χ2v) is 6.53. The van der Waals surface area contributed by atoms with Crippen LogP contribution in [0.2, 0.25) is 0 Å². The molecule has 1 aliphatic heterocycles. The predicted molar refractivity (Wildman–Crippen MR) is 98.7 cm³/mol. The number of benzene rings is 2. The Labute approximate surface area is 148 Å². The van der Waals surface area contributed by atoms with Crippen LogP contribution in [0.1, 0.15) is 5.56 Å². The summed E-state index contributed by atoms with van der Waals surface area (Å²) in [6, 6.07) is 14.6. The van der Waals surface area contributed by atoms with Crippen LogP contribution in [0.5, 0.6) is 0 Å². The molecule has 0 aromatic heterocycles. The molecule has 2 aromatic rings. The third-order valence-electron chi connectivity index (χ3n) is 4.81. The standard InChI is InChI=1S/C20H26N2O3/c1-24-14-18-13-22(10-9-21-18)19(20(23)25-2)12-15-7-8-16-5-3-4-6-17(16)11-15/h3-8,11,18-19,21H,9-10,12-14H2,1-2H3/t18-,19+/m1/s1. The highest BCUT2D eigenvalue weighted by Gasteiger charge is 2.31. The van der Waals surface area contributed by atoms with Crippen molar-refractivity contribution in [3.63, 3.8) is 0 Å². The zero-order valence-electron chi connectivity index (χ0n) is 14.9. The Morgan fingerprint density at radius 2 is 2.04 bits per heavy atom. The molecule has 5 heteroatoms. The normalized spacial score (nSPS) is 19.7. The van der Waals surface area contributed by atoms with Gasteiger partial charge in [-0.15, -0.1) is 0 Å². The lowest BCUT2D eigenvalue weighted by Crippen LogP contribution is -2.57. The zero-order valence-corrected chi connectivity index (χ0v) is 14.9. The van der Waals surface area contributed by atoms with Gasteiger partial charge in [-0.1, -0.05) is 42.5 Å². The van der Waals surface area contributed by atoms with Crippen LogP contribution in [0.4, 0.5) is 0 Å². The van der Waals surface area contributed by atoms with Crippen molar-refractivity contribution in [2.24, 2.45) is 0 Å². The number of hydrogen-bond donors (Lipinski definition) is 1. The van der Waals surface area contributed by atoms with Gasteiger partial charge in [0.25, 0.3) is 0 Å². The largest absolute Gasteiger partial charge is 0.468 e. The summed E-state index contributed by atoms with van der Waals surface area (Å²) in [4.78, 5) is 14.6. The van der Waals surface area contributed by atoms with E-state index in [-0.39, 0.29) is 18.1 Å². The Morgan fingerprint density at radius 3 is 2.80 bits per heavy atom. The first-order chi connectivity index (χ1) is 12.2. The molecule has 1 fully saturated rings. The van der Waals surface area contributed by atoms with Crippen LogP contribution in [-0.4, -0.2) is 63.4 Å². The summed E-state index contributed by atoms with van der Waals surface area (Å²) in [5.74, 6) is -0.175. The Kier molecular flexibility index (Phi) is 6.02. The molecule has 1 saturated heterocycles. The average molecular weight is 342 g/mol. The topological polar surface area (TPSA) is 50.8 Å². The van der Waals surface area contributed by atoms with Crippen molar-refractivity contribution < 1.29 is 14.3 Å². The minimum Gasteiger partial charge on any atom is -0.468 e. The van der Waals surface area contributed by atoms with Crippen LogP contribution in [0, 0.1) is 0 Å². The van der Waals surface area contributed by atoms with Crippen LogP contribution >= 0.6 is 0 Å². The van der Waals surface area contributed by atoms with Crippen LogP contribution < -0.4 is 5.32 Å². The maximum absolute atomic E-state index is 12.4. The van der Waals surface area contributed by atoms with Gasteiger partial charge in [0.05, 0.1) is 13.7 Å². The van der Waals surface area contributed by atoms with E-state index in [1.807, 2.05) is 12.1 Å². The molecule has 0 amide bonds. The van der Waals surface area contributed by atoms with Crippen molar-refractivity contribution in [3.8, 4) is 0 Å². The molecule has 0 bridgehead atoms. The number of nitrogens with zero attached hydrogens (tertiary/aromatic N) is 1. The van der Waals surface area contributed by atoms with Crippen molar-refractivity contribution in [1.29, 1.82) is 0 Å². The summed E-state index contributed by atoms with van der Waals surface area (Å²) in [5, 5.41) is 5.84. The Bertz CT molecular complexity index is 717. The number of nitrogens with one attached hydrogen (secondary N) is 1. The van der Waals surface area contributed by atoms with E-state index in [0.29, 0.717) is 13.0 Å². The number of hydrogen-bond acceptors (Lipinski definition) is 5. The van der Waals surface area contributed by atoms with E-state index >= 15 is 0 Å². The molecule has 0 radical (unpaired) electrons. The van der Waals surface area contributed by atoms with Crippen LogP contribution in [0.15, 0.2) is 42.5 Å². The molecule has 2 aromatic carbocycles. The molecule has 0 aliphatic carbocycles. The van der Waals surface area contributed by atoms with Gasteiger partial charge in [-0.25, -0.2) is 0 Å². The fraction of sp³-hybridized carbons (Fsp3) is 0.450. The molecule has 1 N–H and O–H groups in total. The van der Waals surface area contributed by atoms with Gasteiger partial charge in [-0.3, -0.25) is 9.69 Å². The SMILES string of the molecule is COC[C@H]1CN([C@@H](Cc2ccc3ccccc3c2)C(=O)OC)CCN1. The van der Waals surface area contributed by atoms with Gasteiger partial charge in [0.1, 0.15) is 6.04 Å². The summed E-state index contributed by atoms with van der Waals surface area (Å²) in [6.45, 7) is 3.09. The van der Waals surface area contributed by atoms with Gasteiger partial charge in [0.15, 0.2) is 0 Å². The number of carbonyl (C=O) groups is 1. The highest BCUT2D eigenvalue weighted by molar-refractivity contribution is 5.83. The van der Waals surface area contributed by atoms with E-state index in [1.54, 1.807) is 7.11 Å². The predicted octanol–water partition coefficient (Wildman–Crippen LogP) is 1.84. The molecule has 25 heavy (non-hydrogen) atoms. The number of esters is 1. The quantitative estimate of drug-likeness (QED) is 0.812. The van der Waals surface area contributed by atoms with E-state index in [9.17, 15) is 4.79 Å². The first kappa shape index (κ1) is 17.9. The third kappa shape index (κ3) is 4.37. The Hall–Kier alpha value is -1.95. The highest BCUT2D eigenvalue weighted by Crippen LogP contribution is 2.19. The lowest BCUT2D eigenvalue weighted by atomic mass is 10.00. The van der Waals surface area contributed by atoms with Gasteiger partial charge in [-0.2, -0.15) is 0 Å². The molecule has 1 aliphatic rings. The van der Waals surface area contributed by atoms with Crippen molar-refractivity contribution >= 4 is 16.7 Å². The van der Waals surface area contributed by atoms with Gasteiger partial charge in [0.2, 0.25) is 0 Å². The second kappa shape index (κ2) is 8.43. The second-order valence-electron chi connectivity index (χ2n) is 6.53. The lowest BCUT2D eigenvalue weighted by molar-refractivity contribution is -0.147. The summed E-state index contributed by atoms with van der Waals surface area (Å²) in [7, 11) is 3.16. The van der Waals surface area contributed by atoms with Crippen LogP contribution in [0.25, 0.3) is 10.8 Å². The first-order valence-corrected chi connectivity index (χ1v) is 8.73. The van der Waals surface area contributed by atoms with Gasteiger partial charge < -0.3 is 14.8 Å². The molecule has 0 saturated carbocycles. The molecule has 3 rings (SSSR count). The highest BCUT2D eigenvalue weighted by atomic mass is 16.5. The monoisotopic (exact) mass is 342 g/mol. The molecular weight excluding hydrogens is 316 g/mol. The summed E-state index contributed by atoms with van der Waals surface area (Å²) >= 11 is 0. The molecule has 5 nitrogen and oxygen atoms in total. The number of ether oxygens (including phenoxy) is 2. The molecule has 0 unspecified atom stereocenters. The fourth-order valence-corrected chi connectivity index (χ4v) is 3.53. The van der Waals surface area contributed by atoms with Gasteiger partial charge in [-0.05, 0) is 22.8 Å². The van der Waals surface area contributed by atoms with Gasteiger partial charge in [0, 0.05) is 32.8 Å². The maximum atomic E-state index is 12.4. The smallest absolute Gasteiger partial charge is 0.323 e. The van der Waals surface area contributed by atoms with E-state index < -0.39 is 0 Å². The summed E-state index contributed by atoms with van der Waals surface area (Å²) in [5.41, 5.74) is 1.15. The van der Waals surface area contributed by atoms with Crippen LogP contribution in [0.3, 0.4) is 0 Å². The lowest BCUT2D eigenvalue weighted by Gasteiger charge is -2.37. The molecule has 134 valence electrons. The van der Waals surface area contributed by atoms with E-state index in [0.717, 1.165) is 25.2 Å². The van der Waals surface area contributed by atoms with Crippen molar-refractivity contribution in [1.82, 2.24) is 10.2 Å². The number of methoxy groups -OCH3 is 2. The average Bonchev–Trinajstić information content (AvgIpc) is 2.66. The summed E-state index contributed by atoms with van der Waals surface area (Å²) in [6.07, 6.45) is 0.650. The van der Waals surface area contributed by atoms with E-state index in [2.05, 4.69) is 40.5 Å². The molecule has 0 spiro atoms. The number of piperazine rings is 1. The van der Waals surface area contributed by atoms with E-state index in [4.69, 9.17) is 9.47 Å². The Morgan fingerprint density at radius 1 is 1.24 bits per heavy atom. The fourth-order valence-electron chi connectivity index (χ4n) is 3.53. The summed E-state index contributed by atoms with van der Waals surface area (Å²) < 4.78 is 10.3. The zero-order chi connectivity index (χ0) is 17.6. The third-order valence-corrected chi connectivity index (χ3v) is 4.81. The van der Waals surface area contributed by atoms with Crippen LogP contribution in [-0.2, 0) is 20.7 Å². The van der Waals surface area contributed by atoms with Gasteiger partial charge >= 0.3 is 5.97 Å². The minimum absolute atomic E-state index is 0.175. The first-order valence-electron chi connectivity index (χ1n) is 8.73. The Balaban J connectivity index is 1.79. The maximum Gasteiger partial charge on any atom is 0.323 e. The van der Waals surface area contributed by atoms with Crippen molar-refractivity contribution in [2.45, 2.75) is 18.5 Å². The number of fused-ring (bicyclic) bond motifs is 1. The minimum atomic E-state index is -0.271. The molecule has 2 atom stereocenters. The van der Waals surface area contributed by atoms with Crippen molar-refractivity contribution in [3.05, 3.63) is 48.0 Å². The number of carbonyl (C=O) groups excluding carboxylic acids is 1. The van der Waals surface area contributed by atoms with Crippen molar-refractivity contribution in [2.75, 3.05) is 40.5 Å². The number of rotatable bonds is 6.